The van der Waals surface area contributed by atoms with Gasteiger partial charge in [0, 0.05) is 19.3 Å². The number of nitrogens with one attached hydrogen (secondary N) is 1. The predicted molar refractivity (Wildman–Crippen MR) is 74.0 cm³/mol. The van der Waals surface area contributed by atoms with E-state index in [0.29, 0.717) is 6.04 Å². The Hall–Kier alpha value is -0.860. The first kappa shape index (κ1) is 12.2. The van der Waals surface area contributed by atoms with Crippen LogP contribution in [-0.4, -0.2) is 25.8 Å². The van der Waals surface area contributed by atoms with E-state index in [1.165, 1.54) is 49.8 Å². The van der Waals surface area contributed by atoms with Crippen LogP contribution in [0.5, 0.6) is 0 Å². The van der Waals surface area contributed by atoms with Gasteiger partial charge in [-0.25, -0.2) is 0 Å². The van der Waals surface area contributed by atoms with Crippen molar-refractivity contribution in [1.29, 1.82) is 0 Å². The van der Waals surface area contributed by atoms with Gasteiger partial charge in [0.05, 0.1) is 0 Å². The van der Waals surface area contributed by atoms with E-state index >= 15 is 0 Å². The molecule has 2 heteroatoms. The van der Waals surface area contributed by atoms with Crippen LogP contribution < -0.4 is 5.32 Å². The maximum absolute atomic E-state index is 5.43. The number of hydrogen-bond donors (Lipinski definition) is 1. The van der Waals surface area contributed by atoms with Crippen LogP contribution in [0.4, 0.5) is 0 Å². The average molecular weight is 245 g/mol. The van der Waals surface area contributed by atoms with Crippen LogP contribution in [0.3, 0.4) is 0 Å². The minimum Gasteiger partial charge on any atom is -0.381 e. The zero-order valence-electron chi connectivity index (χ0n) is 11.0. The van der Waals surface area contributed by atoms with Crippen LogP contribution >= 0.6 is 0 Å². The van der Waals surface area contributed by atoms with E-state index in [4.69, 9.17) is 4.74 Å². The van der Waals surface area contributed by atoms with E-state index in [0.717, 1.165) is 19.1 Å². The highest BCUT2D eigenvalue weighted by molar-refractivity contribution is 5.26. The molecule has 2 heterocycles. The molecule has 2 aliphatic rings. The summed E-state index contributed by atoms with van der Waals surface area (Å²) in [6.45, 7) is 3.06. The first-order valence-corrected chi connectivity index (χ1v) is 7.32. The summed E-state index contributed by atoms with van der Waals surface area (Å²) >= 11 is 0. The van der Waals surface area contributed by atoms with Crippen LogP contribution in [-0.2, 0) is 11.2 Å². The van der Waals surface area contributed by atoms with Crippen molar-refractivity contribution in [1.82, 2.24) is 5.32 Å². The van der Waals surface area contributed by atoms with Crippen LogP contribution in [0.15, 0.2) is 24.3 Å². The molecule has 3 rings (SSSR count). The Labute approximate surface area is 110 Å². The second kappa shape index (κ2) is 5.85. The standard InChI is InChI=1S/C16H23NO/c1-2-16(17-9-1)12-13-3-5-14(6-4-13)15-7-10-18-11-8-15/h3-6,15-17H,1-2,7-12H2. The monoisotopic (exact) mass is 245 g/mol. The van der Waals surface area contributed by atoms with Gasteiger partial charge >= 0.3 is 0 Å². The highest BCUT2D eigenvalue weighted by Crippen LogP contribution is 2.27. The summed E-state index contributed by atoms with van der Waals surface area (Å²) in [4.78, 5) is 0. The molecule has 2 saturated heterocycles. The third-order valence-electron chi connectivity index (χ3n) is 4.32. The largest absolute Gasteiger partial charge is 0.381 e. The lowest BCUT2D eigenvalue weighted by Crippen LogP contribution is -2.23. The van der Waals surface area contributed by atoms with Gasteiger partial charge in [0.15, 0.2) is 0 Å². The maximum atomic E-state index is 5.43. The lowest BCUT2D eigenvalue weighted by molar-refractivity contribution is 0.0853. The summed E-state index contributed by atoms with van der Waals surface area (Å²) in [6.07, 6.45) is 6.23. The van der Waals surface area contributed by atoms with Crippen molar-refractivity contribution in [2.75, 3.05) is 19.8 Å². The van der Waals surface area contributed by atoms with Crippen molar-refractivity contribution in [3.63, 3.8) is 0 Å². The molecule has 1 aromatic rings. The normalized spacial score (nSPS) is 25.4. The molecule has 0 aromatic heterocycles. The highest BCUT2D eigenvalue weighted by Gasteiger charge is 2.17. The Balaban J connectivity index is 1.60. The quantitative estimate of drug-likeness (QED) is 0.884. The maximum Gasteiger partial charge on any atom is 0.0471 e. The third kappa shape index (κ3) is 2.93. The summed E-state index contributed by atoms with van der Waals surface area (Å²) in [5.41, 5.74) is 2.98. The molecular formula is C16H23NO. The molecule has 0 radical (unpaired) electrons. The van der Waals surface area contributed by atoms with Crippen LogP contribution in [0.2, 0.25) is 0 Å². The predicted octanol–water partition coefficient (Wildman–Crippen LogP) is 2.88. The fourth-order valence-electron chi connectivity index (χ4n) is 3.17. The van der Waals surface area contributed by atoms with Gasteiger partial charge < -0.3 is 10.1 Å². The van der Waals surface area contributed by atoms with Gasteiger partial charge in [0.2, 0.25) is 0 Å². The Morgan fingerprint density at radius 1 is 1.06 bits per heavy atom. The molecule has 2 nitrogen and oxygen atoms in total. The van der Waals surface area contributed by atoms with Crippen molar-refractivity contribution < 1.29 is 4.74 Å². The summed E-state index contributed by atoms with van der Waals surface area (Å²) < 4.78 is 5.43. The molecule has 1 aromatic carbocycles. The van der Waals surface area contributed by atoms with Gasteiger partial charge in [0.1, 0.15) is 0 Å². The first-order chi connectivity index (χ1) is 8.92. The first-order valence-electron chi connectivity index (χ1n) is 7.32. The van der Waals surface area contributed by atoms with Crippen molar-refractivity contribution in [3.05, 3.63) is 35.4 Å². The number of hydrogen-bond acceptors (Lipinski definition) is 2. The van der Waals surface area contributed by atoms with E-state index < -0.39 is 0 Å². The van der Waals surface area contributed by atoms with Crippen LogP contribution in [0.25, 0.3) is 0 Å². The summed E-state index contributed by atoms with van der Waals surface area (Å²) in [5.74, 6) is 0.720. The van der Waals surface area contributed by atoms with E-state index in [9.17, 15) is 0 Å². The summed E-state index contributed by atoms with van der Waals surface area (Å²) in [7, 11) is 0. The zero-order valence-corrected chi connectivity index (χ0v) is 11.0. The summed E-state index contributed by atoms with van der Waals surface area (Å²) in [6, 6.07) is 10.0. The van der Waals surface area contributed by atoms with Crippen LogP contribution in [0.1, 0.15) is 42.7 Å². The van der Waals surface area contributed by atoms with E-state index in [-0.39, 0.29) is 0 Å². The molecule has 18 heavy (non-hydrogen) atoms. The molecule has 1 unspecified atom stereocenters. The molecule has 2 fully saturated rings. The molecule has 1 atom stereocenters. The minimum atomic E-state index is 0.707. The van der Waals surface area contributed by atoms with Gasteiger partial charge in [0.25, 0.3) is 0 Å². The zero-order chi connectivity index (χ0) is 12.2. The molecule has 0 saturated carbocycles. The second-order valence-corrected chi connectivity index (χ2v) is 5.63. The van der Waals surface area contributed by atoms with E-state index in [2.05, 4.69) is 29.6 Å². The number of rotatable bonds is 3. The minimum absolute atomic E-state index is 0.707. The smallest absolute Gasteiger partial charge is 0.0471 e. The molecule has 0 bridgehead atoms. The van der Waals surface area contributed by atoms with Crippen LogP contribution in [0, 0.1) is 0 Å². The van der Waals surface area contributed by atoms with Crippen molar-refractivity contribution in [3.8, 4) is 0 Å². The van der Waals surface area contributed by atoms with Gasteiger partial charge in [-0.05, 0) is 55.7 Å². The fourth-order valence-corrected chi connectivity index (χ4v) is 3.17. The SMILES string of the molecule is c1cc(C2CCOCC2)ccc1CC1CCCN1. The number of ether oxygens (including phenoxy) is 1. The molecule has 0 amide bonds. The fraction of sp³-hybridized carbons (Fsp3) is 0.625. The summed E-state index contributed by atoms with van der Waals surface area (Å²) in [5, 5.41) is 3.57. The third-order valence-corrected chi connectivity index (χ3v) is 4.32. The van der Waals surface area contributed by atoms with E-state index in [1.807, 2.05) is 0 Å². The molecule has 0 spiro atoms. The van der Waals surface area contributed by atoms with Crippen molar-refractivity contribution >= 4 is 0 Å². The van der Waals surface area contributed by atoms with Gasteiger partial charge in [-0.3, -0.25) is 0 Å². The molecule has 1 N–H and O–H groups in total. The Morgan fingerprint density at radius 3 is 2.50 bits per heavy atom. The Morgan fingerprint density at radius 2 is 1.83 bits per heavy atom. The van der Waals surface area contributed by atoms with Gasteiger partial charge in [-0.2, -0.15) is 0 Å². The highest BCUT2D eigenvalue weighted by atomic mass is 16.5. The average Bonchev–Trinajstić information content (AvgIpc) is 2.94. The van der Waals surface area contributed by atoms with Gasteiger partial charge in [-0.1, -0.05) is 24.3 Å². The van der Waals surface area contributed by atoms with Gasteiger partial charge in [-0.15, -0.1) is 0 Å². The molecule has 2 aliphatic heterocycles. The van der Waals surface area contributed by atoms with Crippen molar-refractivity contribution in [2.45, 2.75) is 44.1 Å². The second-order valence-electron chi connectivity index (χ2n) is 5.63. The lowest BCUT2D eigenvalue weighted by atomic mass is 9.90. The molecule has 98 valence electrons. The number of benzene rings is 1. The Kier molecular flexibility index (Phi) is 3.96. The lowest BCUT2D eigenvalue weighted by Gasteiger charge is -2.22. The van der Waals surface area contributed by atoms with E-state index in [1.54, 1.807) is 0 Å². The Bertz CT molecular complexity index is 361. The molecular weight excluding hydrogens is 222 g/mol. The molecule has 0 aliphatic carbocycles. The van der Waals surface area contributed by atoms with Crippen molar-refractivity contribution in [2.24, 2.45) is 0 Å². The topological polar surface area (TPSA) is 21.3 Å².